The fourth-order valence-electron chi connectivity index (χ4n) is 1.83. The van der Waals surface area contributed by atoms with Crippen molar-refractivity contribution in [2.24, 2.45) is 0 Å². The highest BCUT2D eigenvalue weighted by molar-refractivity contribution is 6.70. The molecule has 0 aromatic carbocycles. The fourth-order valence-corrected chi connectivity index (χ4v) is 4.64. The molecule has 118 valence electrons. The summed E-state index contributed by atoms with van der Waals surface area (Å²) < 4.78 is 11.6. The van der Waals surface area contributed by atoms with Gasteiger partial charge in [0.25, 0.3) is 0 Å². The number of carbonyl (C=O) groups is 1. The van der Waals surface area contributed by atoms with E-state index in [1.54, 1.807) is 20.8 Å². The largest absolute Gasteiger partial charge is 0.509 e. The third-order valence-electron chi connectivity index (χ3n) is 2.39. The van der Waals surface area contributed by atoms with Crippen molar-refractivity contribution in [1.82, 2.24) is 0 Å². The molecule has 0 radical (unpaired) electrons. The van der Waals surface area contributed by atoms with Gasteiger partial charge in [0, 0.05) is 6.08 Å². The summed E-state index contributed by atoms with van der Waals surface area (Å²) in [7, 11) is -3.58. The minimum absolute atomic E-state index is 0.0454. The van der Waals surface area contributed by atoms with Crippen molar-refractivity contribution in [3.63, 3.8) is 0 Å². The van der Waals surface area contributed by atoms with Crippen LogP contribution in [-0.4, -0.2) is 39.2 Å². The van der Waals surface area contributed by atoms with Crippen LogP contribution in [-0.2, 0) is 13.6 Å². The Bertz CT molecular complexity index is 376. The van der Waals surface area contributed by atoms with E-state index in [9.17, 15) is 9.90 Å². The Kier molecular flexibility index (Phi) is 6.41. The van der Waals surface area contributed by atoms with Crippen LogP contribution in [0.25, 0.3) is 0 Å². The molecule has 6 heteroatoms. The lowest BCUT2D eigenvalue weighted by Gasteiger charge is -2.32. The predicted molar refractivity (Wildman–Crippen MR) is 88.1 cm³/mol. The van der Waals surface area contributed by atoms with Gasteiger partial charge in [0.15, 0.2) is 22.4 Å². The summed E-state index contributed by atoms with van der Waals surface area (Å²) in [6.45, 7) is 17.5. The summed E-state index contributed by atoms with van der Waals surface area (Å²) in [5, 5.41) is 10.2. The maximum Gasteiger partial charge on any atom is 0.186 e. The molecule has 0 saturated heterocycles. The first kappa shape index (κ1) is 19.6. The SMILES string of the molecule is CC(O[Si](C)(C)C)C(=O)C=C(O)C(C)(C)O[Si](C)(C)C. The molecule has 0 rings (SSSR count). The zero-order chi connectivity index (χ0) is 16.4. The molecule has 0 aliphatic heterocycles. The molecule has 1 unspecified atom stereocenters. The van der Waals surface area contributed by atoms with E-state index in [-0.39, 0.29) is 11.5 Å². The fraction of sp³-hybridized carbons (Fsp3) is 0.786. The molecular weight excluding hydrogens is 288 g/mol. The lowest BCUT2D eigenvalue weighted by atomic mass is 10.1. The average Bonchev–Trinajstić information content (AvgIpc) is 2.10. The molecule has 0 aliphatic rings. The molecule has 20 heavy (non-hydrogen) atoms. The highest BCUT2D eigenvalue weighted by atomic mass is 28.4. The van der Waals surface area contributed by atoms with Crippen LogP contribution in [0.4, 0.5) is 0 Å². The molecule has 0 spiro atoms. The average molecular weight is 319 g/mol. The Morgan fingerprint density at radius 2 is 1.55 bits per heavy atom. The maximum atomic E-state index is 12.1. The van der Waals surface area contributed by atoms with Crippen LogP contribution >= 0.6 is 0 Å². The highest BCUT2D eigenvalue weighted by Gasteiger charge is 2.32. The van der Waals surface area contributed by atoms with Gasteiger partial charge in [-0.05, 0) is 60.1 Å². The molecule has 0 aromatic rings. The number of aliphatic hydroxyl groups is 1. The van der Waals surface area contributed by atoms with Crippen molar-refractivity contribution in [1.29, 1.82) is 0 Å². The topological polar surface area (TPSA) is 55.8 Å². The van der Waals surface area contributed by atoms with Crippen molar-refractivity contribution in [2.45, 2.75) is 71.8 Å². The van der Waals surface area contributed by atoms with Crippen LogP contribution in [0.2, 0.25) is 39.3 Å². The first-order valence-electron chi connectivity index (χ1n) is 6.97. The van der Waals surface area contributed by atoms with Crippen molar-refractivity contribution in [3.8, 4) is 0 Å². The molecule has 0 aliphatic carbocycles. The van der Waals surface area contributed by atoms with Gasteiger partial charge in [-0.2, -0.15) is 0 Å². The van der Waals surface area contributed by atoms with E-state index in [4.69, 9.17) is 8.85 Å². The molecular formula is C14H30O4Si2. The number of rotatable bonds is 7. The molecule has 4 nitrogen and oxygen atoms in total. The van der Waals surface area contributed by atoms with Gasteiger partial charge >= 0.3 is 0 Å². The van der Waals surface area contributed by atoms with Gasteiger partial charge in [0.2, 0.25) is 0 Å². The second-order valence-corrected chi connectivity index (χ2v) is 16.4. The van der Waals surface area contributed by atoms with Crippen LogP contribution in [0, 0.1) is 0 Å². The lowest BCUT2D eigenvalue weighted by Crippen LogP contribution is -2.40. The normalized spacial score (nSPS) is 16.1. The Labute approximate surface area is 125 Å². The number of ketones is 1. The van der Waals surface area contributed by atoms with Crippen LogP contribution in [0.5, 0.6) is 0 Å². The Morgan fingerprint density at radius 1 is 1.10 bits per heavy atom. The van der Waals surface area contributed by atoms with Gasteiger partial charge in [-0.1, -0.05) is 0 Å². The van der Waals surface area contributed by atoms with E-state index < -0.39 is 28.3 Å². The van der Waals surface area contributed by atoms with Crippen molar-refractivity contribution < 1.29 is 18.8 Å². The van der Waals surface area contributed by atoms with Gasteiger partial charge in [0.05, 0.1) is 0 Å². The highest BCUT2D eigenvalue weighted by Crippen LogP contribution is 2.24. The van der Waals surface area contributed by atoms with Crippen molar-refractivity contribution >= 4 is 22.4 Å². The maximum absolute atomic E-state index is 12.1. The number of hydrogen-bond donors (Lipinski definition) is 1. The standard InChI is InChI=1S/C14H30O4Si2/c1-11(17-19(4,5)6)12(15)10-13(16)14(2,3)18-20(7,8)9/h10-11,16H,1-9H3. The Balaban J connectivity index is 4.91. The summed E-state index contributed by atoms with van der Waals surface area (Å²) in [6.07, 6.45) is 0.705. The van der Waals surface area contributed by atoms with E-state index >= 15 is 0 Å². The van der Waals surface area contributed by atoms with E-state index in [0.717, 1.165) is 0 Å². The van der Waals surface area contributed by atoms with Crippen LogP contribution in [0.3, 0.4) is 0 Å². The zero-order valence-electron chi connectivity index (χ0n) is 14.3. The minimum atomic E-state index is -1.81. The van der Waals surface area contributed by atoms with Gasteiger partial charge < -0.3 is 14.0 Å². The van der Waals surface area contributed by atoms with Gasteiger partial charge in [-0.3, -0.25) is 4.79 Å². The second kappa shape index (κ2) is 6.55. The van der Waals surface area contributed by atoms with Crippen LogP contribution in [0.15, 0.2) is 11.8 Å². The summed E-state index contributed by atoms with van der Waals surface area (Å²) >= 11 is 0. The number of hydrogen-bond acceptors (Lipinski definition) is 4. The summed E-state index contributed by atoms with van der Waals surface area (Å²) in [6, 6.07) is 0. The van der Waals surface area contributed by atoms with Crippen LogP contribution < -0.4 is 0 Å². The molecule has 0 bridgehead atoms. The van der Waals surface area contributed by atoms with E-state index in [1.807, 2.05) is 39.3 Å². The van der Waals surface area contributed by atoms with Crippen molar-refractivity contribution in [2.75, 3.05) is 0 Å². The monoisotopic (exact) mass is 318 g/mol. The smallest absolute Gasteiger partial charge is 0.186 e. The Morgan fingerprint density at radius 3 is 1.90 bits per heavy atom. The molecule has 0 fully saturated rings. The molecule has 0 amide bonds. The summed E-state index contributed by atoms with van der Waals surface area (Å²) in [4.78, 5) is 12.1. The number of aliphatic hydroxyl groups excluding tert-OH is 1. The zero-order valence-corrected chi connectivity index (χ0v) is 16.3. The first-order chi connectivity index (χ1) is 8.64. The third kappa shape index (κ3) is 7.99. The Hall–Kier alpha value is -0.436. The predicted octanol–water partition coefficient (Wildman–Crippen LogP) is 3.87. The van der Waals surface area contributed by atoms with E-state index in [1.165, 1.54) is 6.08 Å². The first-order valence-corrected chi connectivity index (χ1v) is 13.8. The van der Waals surface area contributed by atoms with E-state index in [2.05, 4.69) is 0 Å². The van der Waals surface area contributed by atoms with Gasteiger partial charge in [-0.25, -0.2) is 0 Å². The lowest BCUT2D eigenvalue weighted by molar-refractivity contribution is -0.121. The van der Waals surface area contributed by atoms with Crippen molar-refractivity contribution in [3.05, 3.63) is 11.8 Å². The quantitative estimate of drug-likeness (QED) is 0.440. The second-order valence-electron chi connectivity index (χ2n) is 7.53. The summed E-state index contributed by atoms with van der Waals surface area (Å²) in [5.74, 6) is -0.270. The molecule has 0 heterocycles. The summed E-state index contributed by atoms with van der Waals surface area (Å²) in [5.41, 5.74) is -0.848. The molecule has 0 saturated carbocycles. The van der Waals surface area contributed by atoms with Crippen LogP contribution in [0.1, 0.15) is 20.8 Å². The molecule has 0 aromatic heterocycles. The van der Waals surface area contributed by atoms with Gasteiger partial charge in [0.1, 0.15) is 17.5 Å². The molecule has 1 N–H and O–H groups in total. The minimum Gasteiger partial charge on any atom is -0.509 e. The third-order valence-corrected chi connectivity index (χ3v) is 4.57. The van der Waals surface area contributed by atoms with Gasteiger partial charge in [-0.15, -0.1) is 0 Å². The number of carbonyl (C=O) groups excluding carboxylic acids is 1. The van der Waals surface area contributed by atoms with E-state index in [0.29, 0.717) is 0 Å². The molecule has 1 atom stereocenters.